The van der Waals surface area contributed by atoms with Crippen molar-refractivity contribution in [1.82, 2.24) is 9.80 Å². The van der Waals surface area contributed by atoms with E-state index in [2.05, 4.69) is 23.6 Å². The molecule has 15 heteroatoms. The Morgan fingerprint density at radius 2 is 1.22 bits per heavy atom. The third kappa shape index (κ3) is 9.23. The number of piperidine rings is 1. The summed E-state index contributed by atoms with van der Waals surface area (Å²) in [7, 11) is 0. The smallest absolute Gasteiger partial charge is 0.253 e. The number of rotatable bonds is 17. The number of carbonyl (C=O) groups is 1. The highest BCUT2D eigenvalue weighted by molar-refractivity contribution is 5.97. The van der Waals surface area contributed by atoms with Crippen LogP contribution in [0.5, 0.6) is 0 Å². The van der Waals surface area contributed by atoms with E-state index >= 15 is 0 Å². The van der Waals surface area contributed by atoms with Crippen LogP contribution in [-0.2, 0) is 0 Å². The molecule has 0 radical (unpaired) electrons. The van der Waals surface area contributed by atoms with Crippen molar-refractivity contribution in [3.63, 3.8) is 0 Å². The largest absolute Gasteiger partial charge is 0.394 e. The summed E-state index contributed by atoms with van der Waals surface area (Å²) in [4.78, 5) is 21.2. The molecule has 10 N–H and O–H groups in total. The maximum absolute atomic E-state index is 13.4. The molecule has 258 valence electrons. The van der Waals surface area contributed by atoms with Gasteiger partial charge in [-0.25, -0.2) is 0 Å². The van der Waals surface area contributed by atoms with E-state index in [1.165, 1.54) is 4.90 Å². The monoisotopic (exact) mass is 644 g/mol. The van der Waals surface area contributed by atoms with Gasteiger partial charge in [0.1, 0.15) is 36.6 Å². The lowest BCUT2D eigenvalue weighted by Crippen LogP contribution is -2.54. The van der Waals surface area contributed by atoms with Crippen molar-refractivity contribution in [3.05, 3.63) is 23.8 Å². The molecule has 0 aromatic heterocycles. The van der Waals surface area contributed by atoms with Gasteiger partial charge in [0.05, 0.1) is 43.5 Å². The van der Waals surface area contributed by atoms with Crippen molar-refractivity contribution in [2.45, 2.75) is 75.5 Å². The number of hydrogen-bond donors (Lipinski definition) is 10. The standard InChI is InChI=1S/C30H52N4O11/c1-3-32-17-33(4-2)21-11-19(5-6-20(21)32)30(45)34-9-7-18(8-10-34)12-31(13-22(37)26(41)28(43)24(39)15-35)14-23(38)27(42)29(44)25(40)16-36/h5-6,11,18,22-29,35-44H,3-4,7-10,12-17H2,1-2H3/t22-,23-,24+,25+,26+,27+,28+,29+/m0/s1. The molecule has 2 heterocycles. The minimum absolute atomic E-state index is 0.0302. The quantitative estimate of drug-likeness (QED) is 0.0788. The second-order valence-corrected chi connectivity index (χ2v) is 12.1. The number of fused-ring (bicyclic) bond motifs is 1. The van der Waals surface area contributed by atoms with Crippen LogP contribution in [-0.4, -0.2) is 181 Å². The zero-order valence-electron chi connectivity index (χ0n) is 26.1. The highest BCUT2D eigenvalue weighted by atomic mass is 16.4. The van der Waals surface area contributed by atoms with Gasteiger partial charge in [-0.05, 0) is 50.8 Å². The van der Waals surface area contributed by atoms with E-state index in [0.29, 0.717) is 31.5 Å². The summed E-state index contributed by atoms with van der Waals surface area (Å²) in [5.41, 5.74) is 2.74. The highest BCUT2D eigenvalue weighted by Gasteiger charge is 2.36. The number of amides is 1. The van der Waals surface area contributed by atoms with E-state index < -0.39 is 62.0 Å². The minimum Gasteiger partial charge on any atom is -0.394 e. The first-order chi connectivity index (χ1) is 21.4. The fraction of sp³-hybridized carbons (Fsp3) is 0.767. The van der Waals surface area contributed by atoms with Crippen molar-refractivity contribution >= 4 is 17.3 Å². The molecule has 0 bridgehead atoms. The van der Waals surface area contributed by atoms with Gasteiger partial charge in [0.15, 0.2) is 0 Å². The Labute approximate surface area is 263 Å². The number of benzene rings is 1. The van der Waals surface area contributed by atoms with Crippen LogP contribution < -0.4 is 9.80 Å². The maximum atomic E-state index is 13.4. The van der Waals surface area contributed by atoms with Crippen molar-refractivity contribution in [3.8, 4) is 0 Å². The predicted octanol–water partition coefficient (Wildman–Crippen LogP) is -3.66. The predicted molar refractivity (Wildman–Crippen MR) is 165 cm³/mol. The highest BCUT2D eigenvalue weighted by Crippen LogP contribution is 2.36. The normalized spacial score (nSPS) is 21.3. The average Bonchev–Trinajstić information content (AvgIpc) is 3.43. The Hall–Kier alpha value is -2.15. The molecule has 8 atom stereocenters. The molecule has 2 aliphatic heterocycles. The van der Waals surface area contributed by atoms with Gasteiger partial charge in [0.2, 0.25) is 0 Å². The molecule has 0 saturated carbocycles. The molecule has 1 saturated heterocycles. The number of carbonyl (C=O) groups excluding carboxylic acids is 1. The Bertz CT molecular complexity index is 1030. The number of nitrogens with zero attached hydrogens (tertiary/aromatic N) is 4. The van der Waals surface area contributed by atoms with Crippen LogP contribution in [0, 0.1) is 5.92 Å². The van der Waals surface area contributed by atoms with Gasteiger partial charge in [0, 0.05) is 51.4 Å². The summed E-state index contributed by atoms with van der Waals surface area (Å²) in [5, 5.41) is 99.5. The second kappa shape index (κ2) is 17.1. The summed E-state index contributed by atoms with van der Waals surface area (Å²) >= 11 is 0. The first-order valence-corrected chi connectivity index (χ1v) is 15.7. The summed E-state index contributed by atoms with van der Waals surface area (Å²) in [6.07, 6.45) is -12.9. The molecule has 1 amide bonds. The lowest BCUT2D eigenvalue weighted by atomic mass is 9.94. The van der Waals surface area contributed by atoms with E-state index in [-0.39, 0.29) is 31.5 Å². The number of aliphatic hydroxyl groups excluding tert-OH is 10. The molecule has 1 aromatic carbocycles. The number of anilines is 2. The molecule has 0 aliphatic carbocycles. The third-order valence-corrected chi connectivity index (χ3v) is 8.97. The van der Waals surface area contributed by atoms with E-state index in [0.717, 1.165) is 31.1 Å². The molecule has 45 heavy (non-hydrogen) atoms. The number of aliphatic hydroxyl groups is 10. The molecule has 2 aliphatic rings. The van der Waals surface area contributed by atoms with Crippen molar-refractivity contribution < 1.29 is 55.9 Å². The van der Waals surface area contributed by atoms with Crippen LogP contribution in [0.4, 0.5) is 11.4 Å². The zero-order valence-corrected chi connectivity index (χ0v) is 26.1. The Balaban J connectivity index is 1.66. The first-order valence-electron chi connectivity index (χ1n) is 15.7. The molecule has 0 spiro atoms. The summed E-state index contributed by atoms with van der Waals surface area (Å²) in [6, 6.07) is 5.77. The van der Waals surface area contributed by atoms with Crippen LogP contribution in [0.15, 0.2) is 18.2 Å². The summed E-state index contributed by atoms with van der Waals surface area (Å²) in [6.45, 7) is 5.44. The number of hydrogen-bond acceptors (Lipinski definition) is 14. The lowest BCUT2D eigenvalue weighted by Gasteiger charge is -2.38. The topological polar surface area (TPSA) is 232 Å². The third-order valence-electron chi connectivity index (χ3n) is 8.97. The molecule has 3 rings (SSSR count). The van der Waals surface area contributed by atoms with Crippen LogP contribution in [0.2, 0.25) is 0 Å². The van der Waals surface area contributed by atoms with Gasteiger partial charge in [-0.2, -0.15) is 0 Å². The second-order valence-electron chi connectivity index (χ2n) is 12.1. The molecule has 1 fully saturated rings. The fourth-order valence-electron chi connectivity index (χ4n) is 6.04. The van der Waals surface area contributed by atoms with Gasteiger partial charge in [0.25, 0.3) is 5.91 Å². The van der Waals surface area contributed by atoms with Crippen LogP contribution in [0.3, 0.4) is 0 Å². The van der Waals surface area contributed by atoms with Crippen molar-refractivity contribution in [1.29, 1.82) is 0 Å². The average molecular weight is 645 g/mol. The SMILES string of the molecule is CCN1CN(CC)c2cc(C(=O)N3CCC(CN(C[C@H](O)[C@@H](O)[C@H](O)[C@H](O)CO)C[C@H](O)[C@@H](O)[C@H](O)[C@H](O)CO)CC3)ccc21. The van der Waals surface area contributed by atoms with Gasteiger partial charge in [-0.1, -0.05) is 0 Å². The van der Waals surface area contributed by atoms with E-state index in [4.69, 9.17) is 10.2 Å². The van der Waals surface area contributed by atoms with Gasteiger partial charge in [-0.15, -0.1) is 0 Å². The summed E-state index contributed by atoms with van der Waals surface area (Å²) in [5.74, 6) is -0.110. The van der Waals surface area contributed by atoms with Crippen molar-refractivity contribution in [2.24, 2.45) is 5.92 Å². The Morgan fingerprint density at radius 3 is 1.69 bits per heavy atom. The summed E-state index contributed by atoms with van der Waals surface area (Å²) < 4.78 is 0. The molecular formula is C30H52N4O11. The first kappa shape index (κ1) is 37.3. The zero-order chi connectivity index (χ0) is 33.4. The maximum Gasteiger partial charge on any atom is 0.253 e. The van der Waals surface area contributed by atoms with Crippen LogP contribution >= 0.6 is 0 Å². The molecule has 15 nitrogen and oxygen atoms in total. The molecule has 0 unspecified atom stereocenters. The minimum atomic E-state index is -1.85. The van der Waals surface area contributed by atoms with Gasteiger partial charge < -0.3 is 65.8 Å². The Kier molecular flexibility index (Phi) is 14.2. The van der Waals surface area contributed by atoms with E-state index in [9.17, 15) is 45.6 Å². The fourth-order valence-corrected chi connectivity index (χ4v) is 6.04. The van der Waals surface area contributed by atoms with Crippen LogP contribution in [0.25, 0.3) is 0 Å². The van der Waals surface area contributed by atoms with E-state index in [1.807, 2.05) is 18.2 Å². The Morgan fingerprint density at radius 1 is 0.756 bits per heavy atom. The number of likely N-dealkylation sites (tertiary alicyclic amines) is 1. The van der Waals surface area contributed by atoms with Crippen LogP contribution in [0.1, 0.15) is 37.0 Å². The van der Waals surface area contributed by atoms with Gasteiger partial charge in [-0.3, -0.25) is 9.69 Å². The van der Waals surface area contributed by atoms with Gasteiger partial charge >= 0.3 is 0 Å². The molecular weight excluding hydrogens is 592 g/mol. The molecule has 1 aromatic rings. The van der Waals surface area contributed by atoms with Crippen molar-refractivity contribution in [2.75, 3.05) is 75.5 Å². The lowest BCUT2D eigenvalue weighted by molar-refractivity contribution is -0.131. The van der Waals surface area contributed by atoms with E-state index in [1.54, 1.807) is 4.90 Å².